The fraction of sp³-hybridized carbons (Fsp3) is 0.200. The van der Waals surface area contributed by atoms with Gasteiger partial charge in [-0.15, -0.1) is 0 Å². The maximum atomic E-state index is 12.1. The Morgan fingerprint density at radius 3 is 2.07 bits per heavy atom. The Hall–Kier alpha value is -2.29. The quantitative estimate of drug-likeness (QED) is 0.296. The Morgan fingerprint density at radius 2 is 1.41 bits per heavy atom. The second kappa shape index (κ2) is 5.37. The molecule has 4 aromatic carbocycles. The van der Waals surface area contributed by atoms with Gasteiger partial charge in [-0.3, -0.25) is 4.55 Å². The molecule has 1 aliphatic carbocycles. The monoisotopic (exact) mass is 384 g/mol. The molecule has 7 heteroatoms. The van der Waals surface area contributed by atoms with Crippen LogP contribution in [-0.2, 0) is 10.1 Å². The highest BCUT2D eigenvalue weighted by Crippen LogP contribution is 2.47. The lowest BCUT2D eigenvalue weighted by atomic mass is 9.80. The van der Waals surface area contributed by atoms with Gasteiger partial charge in [0.25, 0.3) is 10.1 Å². The molecule has 0 unspecified atom stereocenters. The molecule has 0 heterocycles. The number of aliphatic hydroxyl groups is 3. The van der Waals surface area contributed by atoms with E-state index in [1.54, 1.807) is 12.1 Å². The van der Waals surface area contributed by atoms with Gasteiger partial charge in [0, 0.05) is 0 Å². The third-order valence-corrected chi connectivity index (χ3v) is 6.79. The fourth-order valence-corrected chi connectivity index (χ4v) is 5.54. The Morgan fingerprint density at radius 1 is 0.778 bits per heavy atom. The molecule has 0 radical (unpaired) electrons. The van der Waals surface area contributed by atoms with Crippen molar-refractivity contribution in [1.29, 1.82) is 0 Å². The van der Waals surface area contributed by atoms with Crippen LogP contribution in [0, 0.1) is 0 Å². The molecule has 138 valence electrons. The van der Waals surface area contributed by atoms with Crippen molar-refractivity contribution in [1.82, 2.24) is 0 Å². The molecule has 0 saturated heterocycles. The van der Waals surface area contributed by atoms with Crippen molar-refractivity contribution in [3.63, 3.8) is 0 Å². The normalized spacial score (nSPS) is 26.1. The van der Waals surface area contributed by atoms with Gasteiger partial charge in [-0.2, -0.15) is 8.42 Å². The largest absolute Gasteiger partial charge is 0.388 e. The molecule has 4 aromatic rings. The molecule has 0 bridgehead atoms. The Kier molecular flexibility index (Phi) is 3.35. The van der Waals surface area contributed by atoms with Crippen LogP contribution in [0.1, 0.15) is 22.5 Å². The average molecular weight is 384 g/mol. The second-order valence-electron chi connectivity index (χ2n) is 7.10. The zero-order chi connectivity index (χ0) is 19.1. The molecule has 5 rings (SSSR count). The van der Waals surface area contributed by atoms with Gasteiger partial charge in [0.2, 0.25) is 0 Å². The first kappa shape index (κ1) is 16.9. The molecule has 4 atom stereocenters. The van der Waals surface area contributed by atoms with Gasteiger partial charge in [0.05, 0.1) is 0 Å². The number of rotatable bonds is 1. The van der Waals surface area contributed by atoms with Gasteiger partial charge in [-0.25, -0.2) is 0 Å². The third kappa shape index (κ3) is 2.17. The Bertz CT molecular complexity index is 1300. The average Bonchev–Trinajstić information content (AvgIpc) is 2.63. The van der Waals surface area contributed by atoms with Crippen LogP contribution in [0.4, 0.5) is 0 Å². The molecule has 0 aliphatic heterocycles. The Balaban J connectivity index is 2.03. The summed E-state index contributed by atoms with van der Waals surface area (Å²) < 4.78 is 33.9. The molecule has 0 amide bonds. The van der Waals surface area contributed by atoms with Crippen molar-refractivity contribution in [3.8, 4) is 0 Å². The van der Waals surface area contributed by atoms with Crippen LogP contribution < -0.4 is 0 Å². The number of benzene rings is 4. The first-order chi connectivity index (χ1) is 12.8. The van der Waals surface area contributed by atoms with Crippen LogP contribution >= 0.6 is 0 Å². The minimum Gasteiger partial charge on any atom is -0.388 e. The Labute approximate surface area is 154 Å². The van der Waals surface area contributed by atoms with E-state index in [9.17, 15) is 28.3 Å². The van der Waals surface area contributed by atoms with Gasteiger partial charge in [0.15, 0.2) is 0 Å². The van der Waals surface area contributed by atoms with Gasteiger partial charge in [0.1, 0.15) is 23.6 Å². The molecule has 1 aliphatic rings. The summed E-state index contributed by atoms with van der Waals surface area (Å²) in [7, 11) is -4.73. The van der Waals surface area contributed by atoms with Crippen LogP contribution in [0.25, 0.3) is 32.3 Å². The lowest BCUT2D eigenvalue weighted by Gasteiger charge is -2.36. The zero-order valence-corrected chi connectivity index (χ0v) is 14.8. The predicted molar refractivity (Wildman–Crippen MR) is 101 cm³/mol. The standard InChI is InChI=1S/C20H16O6S/c21-17-13-8-11-5-4-9-2-1-3-10-6-7-12(15(11)14(9)10)16(13)20(27(24,25)26)19(23)18(17)22/h1-8,17-23H,(H,24,25,26)/t17-,18+,19+,20+/m0/s1. The van der Waals surface area contributed by atoms with E-state index >= 15 is 0 Å². The smallest absolute Gasteiger partial charge is 0.274 e. The maximum Gasteiger partial charge on any atom is 0.274 e. The van der Waals surface area contributed by atoms with Gasteiger partial charge >= 0.3 is 0 Å². The summed E-state index contributed by atoms with van der Waals surface area (Å²) in [6.07, 6.45) is -5.03. The molecule has 0 fully saturated rings. The highest BCUT2D eigenvalue weighted by molar-refractivity contribution is 7.86. The summed E-state index contributed by atoms with van der Waals surface area (Å²) >= 11 is 0. The van der Waals surface area contributed by atoms with E-state index < -0.39 is 33.7 Å². The van der Waals surface area contributed by atoms with Crippen LogP contribution in [0.2, 0.25) is 0 Å². The summed E-state index contributed by atoms with van der Waals surface area (Å²) in [6, 6.07) is 14.9. The minimum absolute atomic E-state index is 0.133. The molecule has 4 N–H and O–H groups in total. The van der Waals surface area contributed by atoms with Crippen LogP contribution in [0.5, 0.6) is 0 Å². The number of aliphatic hydroxyl groups excluding tert-OH is 3. The number of fused-ring (bicyclic) bond motifs is 2. The van der Waals surface area contributed by atoms with E-state index in [1.165, 1.54) is 0 Å². The molecular formula is C20H16O6S. The molecule has 27 heavy (non-hydrogen) atoms. The summed E-state index contributed by atoms with van der Waals surface area (Å²) in [6.45, 7) is 0. The number of hydrogen-bond acceptors (Lipinski definition) is 5. The molecular weight excluding hydrogens is 368 g/mol. The van der Waals surface area contributed by atoms with Gasteiger partial charge < -0.3 is 15.3 Å². The van der Waals surface area contributed by atoms with E-state index in [-0.39, 0.29) is 11.1 Å². The topological polar surface area (TPSA) is 115 Å². The fourth-order valence-electron chi connectivity index (χ4n) is 4.46. The lowest BCUT2D eigenvalue weighted by Crippen LogP contribution is -2.44. The summed E-state index contributed by atoms with van der Waals surface area (Å²) in [4.78, 5) is 0. The number of hydrogen-bond donors (Lipinski definition) is 4. The molecule has 0 saturated carbocycles. The predicted octanol–water partition coefficient (Wildman–Crippen LogP) is 2.28. The van der Waals surface area contributed by atoms with Crippen molar-refractivity contribution in [2.75, 3.05) is 0 Å². The highest BCUT2D eigenvalue weighted by Gasteiger charge is 2.47. The third-order valence-electron chi connectivity index (χ3n) is 5.63. The lowest BCUT2D eigenvalue weighted by molar-refractivity contribution is -0.0711. The molecule has 0 aromatic heterocycles. The highest BCUT2D eigenvalue weighted by atomic mass is 32.2. The van der Waals surface area contributed by atoms with Crippen molar-refractivity contribution in [2.24, 2.45) is 0 Å². The van der Waals surface area contributed by atoms with E-state index in [0.717, 1.165) is 26.9 Å². The first-order valence-corrected chi connectivity index (χ1v) is 10.00. The maximum absolute atomic E-state index is 12.1. The van der Waals surface area contributed by atoms with Crippen LogP contribution in [0.3, 0.4) is 0 Å². The SMILES string of the molecule is O=S(=O)(O)[C@@H]1c2c(cc3ccc4cccc5ccc2c3c45)[C@H](O)[C@@H](O)[C@H]1O. The van der Waals surface area contributed by atoms with E-state index in [4.69, 9.17) is 0 Å². The first-order valence-electron chi connectivity index (χ1n) is 8.50. The van der Waals surface area contributed by atoms with Crippen molar-refractivity contribution >= 4 is 42.4 Å². The second-order valence-corrected chi connectivity index (χ2v) is 8.63. The van der Waals surface area contributed by atoms with Gasteiger partial charge in [-0.05, 0) is 49.5 Å². The molecule has 6 nitrogen and oxygen atoms in total. The molecule has 0 spiro atoms. The van der Waals surface area contributed by atoms with Crippen LogP contribution in [-0.4, -0.2) is 40.5 Å². The van der Waals surface area contributed by atoms with Crippen molar-refractivity contribution in [3.05, 3.63) is 59.7 Å². The van der Waals surface area contributed by atoms with Crippen molar-refractivity contribution < 1.29 is 28.3 Å². The van der Waals surface area contributed by atoms with Crippen LogP contribution in [0.15, 0.2) is 48.5 Å². The minimum atomic E-state index is -4.73. The van der Waals surface area contributed by atoms with Crippen molar-refractivity contribution in [2.45, 2.75) is 23.6 Å². The van der Waals surface area contributed by atoms with E-state index in [0.29, 0.717) is 5.39 Å². The summed E-state index contributed by atoms with van der Waals surface area (Å²) in [5, 5.41) is 34.2. The van der Waals surface area contributed by atoms with E-state index in [2.05, 4.69) is 0 Å². The summed E-state index contributed by atoms with van der Waals surface area (Å²) in [5.74, 6) is 0. The summed E-state index contributed by atoms with van der Waals surface area (Å²) in [5.41, 5.74) is 0.329. The van der Waals surface area contributed by atoms with Gasteiger partial charge in [-0.1, -0.05) is 42.5 Å². The van der Waals surface area contributed by atoms with E-state index in [1.807, 2.05) is 36.4 Å². The zero-order valence-electron chi connectivity index (χ0n) is 13.9.